The second-order valence-electron chi connectivity index (χ2n) is 5.20. The lowest BCUT2D eigenvalue weighted by Gasteiger charge is -2.31. The summed E-state index contributed by atoms with van der Waals surface area (Å²) in [5.41, 5.74) is 0.752. The molecule has 0 spiro atoms. The summed E-state index contributed by atoms with van der Waals surface area (Å²) in [4.78, 5) is 14.2. The van der Waals surface area contributed by atoms with Crippen LogP contribution in [-0.2, 0) is 0 Å². The molecule has 4 nitrogen and oxygen atoms in total. The number of hydrogen-bond donors (Lipinski definition) is 1. The summed E-state index contributed by atoms with van der Waals surface area (Å²) in [7, 11) is 0. The van der Waals surface area contributed by atoms with Crippen molar-refractivity contribution in [3.8, 4) is 0 Å². The Morgan fingerprint density at radius 2 is 2.28 bits per heavy atom. The third kappa shape index (κ3) is 2.43. The second kappa shape index (κ2) is 5.57. The van der Waals surface area contributed by atoms with Gasteiger partial charge in [-0.3, -0.25) is 4.79 Å². The Labute approximate surface area is 108 Å². The molecule has 1 heterocycles. The highest BCUT2D eigenvalue weighted by Crippen LogP contribution is 2.33. The standard InChI is InChI=1S/C14H22N2O2/c1-11(2)15(9-10-17)14(18)13-7-4-8-16(13)12-5-3-6-12/h4,7-8,11-12,17H,3,5-6,9-10H2,1-2H3. The molecule has 0 radical (unpaired) electrons. The number of rotatable bonds is 5. The summed E-state index contributed by atoms with van der Waals surface area (Å²) in [5, 5.41) is 9.07. The summed E-state index contributed by atoms with van der Waals surface area (Å²) >= 11 is 0. The molecule has 1 fully saturated rings. The molecule has 0 bridgehead atoms. The summed E-state index contributed by atoms with van der Waals surface area (Å²) in [6.07, 6.45) is 5.57. The van der Waals surface area contributed by atoms with Crippen LogP contribution in [0.4, 0.5) is 0 Å². The van der Waals surface area contributed by atoms with Crippen LogP contribution < -0.4 is 0 Å². The Morgan fingerprint density at radius 1 is 1.56 bits per heavy atom. The van der Waals surface area contributed by atoms with E-state index in [2.05, 4.69) is 4.57 Å². The van der Waals surface area contributed by atoms with Crippen molar-refractivity contribution in [2.45, 2.75) is 45.2 Å². The summed E-state index contributed by atoms with van der Waals surface area (Å²) < 4.78 is 2.10. The quantitative estimate of drug-likeness (QED) is 0.869. The fourth-order valence-corrected chi connectivity index (χ4v) is 2.41. The number of carbonyl (C=O) groups is 1. The summed E-state index contributed by atoms with van der Waals surface area (Å²) in [6, 6.07) is 4.41. The van der Waals surface area contributed by atoms with E-state index in [0.717, 1.165) is 18.5 Å². The SMILES string of the molecule is CC(C)N(CCO)C(=O)c1cccn1C1CCC1. The lowest BCUT2D eigenvalue weighted by atomic mass is 9.93. The number of hydrogen-bond acceptors (Lipinski definition) is 2. The number of aliphatic hydroxyl groups is 1. The van der Waals surface area contributed by atoms with E-state index in [1.165, 1.54) is 6.42 Å². The van der Waals surface area contributed by atoms with Crippen molar-refractivity contribution in [3.05, 3.63) is 24.0 Å². The van der Waals surface area contributed by atoms with Gasteiger partial charge in [-0.25, -0.2) is 0 Å². The topological polar surface area (TPSA) is 45.5 Å². The number of aliphatic hydroxyl groups excluding tert-OH is 1. The third-order valence-corrected chi connectivity index (χ3v) is 3.69. The van der Waals surface area contributed by atoms with Gasteiger partial charge in [0.05, 0.1) is 6.61 Å². The molecule has 1 aliphatic carbocycles. The van der Waals surface area contributed by atoms with Gasteiger partial charge in [-0.05, 0) is 45.2 Å². The third-order valence-electron chi connectivity index (χ3n) is 3.69. The van der Waals surface area contributed by atoms with Crippen molar-refractivity contribution in [1.82, 2.24) is 9.47 Å². The minimum atomic E-state index is 0.00799. The monoisotopic (exact) mass is 250 g/mol. The fourth-order valence-electron chi connectivity index (χ4n) is 2.41. The highest BCUT2D eigenvalue weighted by atomic mass is 16.3. The van der Waals surface area contributed by atoms with Gasteiger partial charge in [0.15, 0.2) is 0 Å². The van der Waals surface area contributed by atoms with E-state index in [9.17, 15) is 4.79 Å². The molecule has 0 unspecified atom stereocenters. The molecule has 4 heteroatoms. The van der Waals surface area contributed by atoms with Crippen LogP contribution in [0.25, 0.3) is 0 Å². The van der Waals surface area contributed by atoms with Gasteiger partial charge in [0.1, 0.15) is 5.69 Å². The summed E-state index contributed by atoms with van der Waals surface area (Å²) in [6.45, 7) is 4.36. The molecule has 100 valence electrons. The molecular formula is C14H22N2O2. The molecule has 18 heavy (non-hydrogen) atoms. The Hall–Kier alpha value is -1.29. The van der Waals surface area contributed by atoms with Crippen LogP contribution in [0.15, 0.2) is 18.3 Å². The highest BCUT2D eigenvalue weighted by Gasteiger charge is 2.26. The maximum absolute atomic E-state index is 12.5. The molecule has 2 rings (SSSR count). The molecule has 1 aromatic heterocycles. The summed E-state index contributed by atoms with van der Waals surface area (Å²) in [5.74, 6) is 0.0240. The van der Waals surface area contributed by atoms with Crippen molar-refractivity contribution in [2.24, 2.45) is 0 Å². The lowest BCUT2D eigenvalue weighted by molar-refractivity contribution is 0.0648. The van der Waals surface area contributed by atoms with E-state index < -0.39 is 0 Å². The average molecular weight is 250 g/mol. The minimum Gasteiger partial charge on any atom is -0.395 e. The molecule has 1 aromatic rings. The van der Waals surface area contributed by atoms with E-state index in [1.807, 2.05) is 32.2 Å². The Morgan fingerprint density at radius 3 is 2.78 bits per heavy atom. The van der Waals surface area contributed by atoms with Crippen molar-refractivity contribution >= 4 is 5.91 Å². The molecule has 1 N–H and O–H groups in total. The van der Waals surface area contributed by atoms with Gasteiger partial charge in [0.2, 0.25) is 0 Å². The first-order valence-corrected chi connectivity index (χ1v) is 6.73. The number of aromatic nitrogens is 1. The van der Waals surface area contributed by atoms with Gasteiger partial charge in [0, 0.05) is 24.8 Å². The molecule has 1 saturated carbocycles. The number of carbonyl (C=O) groups excluding carboxylic acids is 1. The maximum atomic E-state index is 12.5. The number of nitrogens with zero attached hydrogens (tertiary/aromatic N) is 2. The first kappa shape index (κ1) is 13.1. The predicted molar refractivity (Wildman–Crippen MR) is 70.6 cm³/mol. The van der Waals surface area contributed by atoms with Crippen molar-refractivity contribution < 1.29 is 9.90 Å². The molecule has 0 aliphatic heterocycles. The first-order chi connectivity index (χ1) is 8.65. The van der Waals surface area contributed by atoms with E-state index in [4.69, 9.17) is 5.11 Å². The lowest BCUT2D eigenvalue weighted by Crippen LogP contribution is -2.40. The van der Waals surface area contributed by atoms with Gasteiger partial charge in [-0.1, -0.05) is 0 Å². The first-order valence-electron chi connectivity index (χ1n) is 6.73. The van der Waals surface area contributed by atoms with Gasteiger partial charge in [-0.2, -0.15) is 0 Å². The Kier molecular flexibility index (Phi) is 4.07. The normalized spacial score (nSPS) is 15.8. The van der Waals surface area contributed by atoms with Crippen molar-refractivity contribution in [1.29, 1.82) is 0 Å². The van der Waals surface area contributed by atoms with E-state index in [1.54, 1.807) is 4.90 Å². The minimum absolute atomic E-state index is 0.00799. The molecule has 0 atom stereocenters. The molecule has 0 aromatic carbocycles. The zero-order chi connectivity index (χ0) is 13.1. The van der Waals surface area contributed by atoms with E-state index in [0.29, 0.717) is 12.6 Å². The second-order valence-corrected chi connectivity index (χ2v) is 5.20. The average Bonchev–Trinajstić information content (AvgIpc) is 2.71. The predicted octanol–water partition coefficient (Wildman–Crippen LogP) is 2.06. The van der Waals surface area contributed by atoms with E-state index in [-0.39, 0.29) is 18.6 Å². The maximum Gasteiger partial charge on any atom is 0.270 e. The van der Waals surface area contributed by atoms with Crippen LogP contribution in [0.3, 0.4) is 0 Å². The van der Waals surface area contributed by atoms with Gasteiger partial charge in [-0.15, -0.1) is 0 Å². The van der Waals surface area contributed by atoms with Crippen LogP contribution in [0.2, 0.25) is 0 Å². The van der Waals surface area contributed by atoms with Crippen LogP contribution in [0, 0.1) is 0 Å². The van der Waals surface area contributed by atoms with Crippen LogP contribution in [0.1, 0.15) is 49.6 Å². The zero-order valence-electron chi connectivity index (χ0n) is 11.2. The van der Waals surface area contributed by atoms with Crippen molar-refractivity contribution in [3.63, 3.8) is 0 Å². The highest BCUT2D eigenvalue weighted by molar-refractivity contribution is 5.93. The largest absolute Gasteiger partial charge is 0.395 e. The molecule has 0 saturated heterocycles. The molecular weight excluding hydrogens is 228 g/mol. The zero-order valence-corrected chi connectivity index (χ0v) is 11.2. The van der Waals surface area contributed by atoms with Gasteiger partial charge in [0.25, 0.3) is 5.91 Å². The Bertz CT molecular complexity index is 408. The van der Waals surface area contributed by atoms with Crippen LogP contribution in [-0.4, -0.2) is 39.7 Å². The smallest absolute Gasteiger partial charge is 0.270 e. The number of amides is 1. The Balaban J connectivity index is 2.18. The molecule has 1 amide bonds. The van der Waals surface area contributed by atoms with Crippen molar-refractivity contribution in [2.75, 3.05) is 13.2 Å². The molecule has 1 aliphatic rings. The van der Waals surface area contributed by atoms with Gasteiger partial charge >= 0.3 is 0 Å². The van der Waals surface area contributed by atoms with Crippen LogP contribution >= 0.6 is 0 Å². The van der Waals surface area contributed by atoms with Gasteiger partial charge < -0.3 is 14.6 Å². The van der Waals surface area contributed by atoms with Crippen LogP contribution in [0.5, 0.6) is 0 Å². The van der Waals surface area contributed by atoms with E-state index >= 15 is 0 Å². The fraction of sp³-hybridized carbons (Fsp3) is 0.643.